The molecule has 0 spiro atoms. The molecule has 1 aliphatic heterocycles. The standard InChI is InChI=1S/C13H20N2O2/c1-4-12(13(16)17)6-5-11(2)15-9-7-14(3)8-10-15/h4-6H,1,7-10H2,2-3H3,(H,16,17). The van der Waals surface area contributed by atoms with E-state index in [1.165, 1.54) is 6.08 Å². The highest BCUT2D eigenvalue weighted by atomic mass is 16.4. The molecule has 1 aliphatic rings. The van der Waals surface area contributed by atoms with Crippen molar-refractivity contribution in [2.75, 3.05) is 33.2 Å². The number of carboxylic acid groups (broad SMARTS) is 1. The molecule has 4 nitrogen and oxygen atoms in total. The average molecular weight is 236 g/mol. The minimum Gasteiger partial charge on any atom is -0.478 e. The third kappa shape index (κ3) is 4.07. The van der Waals surface area contributed by atoms with Crippen molar-refractivity contribution in [3.8, 4) is 0 Å². The van der Waals surface area contributed by atoms with Gasteiger partial charge in [-0.3, -0.25) is 0 Å². The molecule has 94 valence electrons. The molecule has 0 atom stereocenters. The lowest BCUT2D eigenvalue weighted by atomic mass is 10.2. The van der Waals surface area contributed by atoms with E-state index in [1.54, 1.807) is 6.08 Å². The van der Waals surface area contributed by atoms with Gasteiger partial charge in [0.05, 0.1) is 5.57 Å². The van der Waals surface area contributed by atoms with Crippen LogP contribution in [0.25, 0.3) is 0 Å². The van der Waals surface area contributed by atoms with E-state index in [4.69, 9.17) is 5.11 Å². The van der Waals surface area contributed by atoms with Crippen LogP contribution in [0, 0.1) is 0 Å². The summed E-state index contributed by atoms with van der Waals surface area (Å²) in [6.07, 6.45) is 4.80. The Kier molecular flexibility index (Phi) is 4.97. The van der Waals surface area contributed by atoms with Crippen molar-refractivity contribution in [1.82, 2.24) is 9.80 Å². The maximum Gasteiger partial charge on any atom is 0.335 e. The topological polar surface area (TPSA) is 43.8 Å². The number of rotatable bonds is 4. The monoisotopic (exact) mass is 236 g/mol. The summed E-state index contributed by atoms with van der Waals surface area (Å²) in [5.41, 5.74) is 1.32. The van der Waals surface area contributed by atoms with Gasteiger partial charge in [-0.2, -0.15) is 0 Å². The number of carbonyl (C=O) groups is 1. The number of carboxylic acids is 1. The number of hydrogen-bond acceptors (Lipinski definition) is 3. The summed E-state index contributed by atoms with van der Waals surface area (Å²) >= 11 is 0. The first-order chi connectivity index (χ1) is 8.04. The zero-order chi connectivity index (χ0) is 12.8. The van der Waals surface area contributed by atoms with E-state index < -0.39 is 5.97 Å². The van der Waals surface area contributed by atoms with Gasteiger partial charge in [0.2, 0.25) is 0 Å². The largest absolute Gasteiger partial charge is 0.478 e. The van der Waals surface area contributed by atoms with Gasteiger partial charge in [-0.1, -0.05) is 12.7 Å². The summed E-state index contributed by atoms with van der Waals surface area (Å²) in [7, 11) is 2.11. The smallest absolute Gasteiger partial charge is 0.335 e. The van der Waals surface area contributed by atoms with Crippen molar-refractivity contribution in [3.63, 3.8) is 0 Å². The molecule has 1 fully saturated rings. The zero-order valence-corrected chi connectivity index (χ0v) is 10.5. The van der Waals surface area contributed by atoms with Crippen molar-refractivity contribution in [1.29, 1.82) is 0 Å². The first kappa shape index (κ1) is 13.5. The van der Waals surface area contributed by atoms with Crippen molar-refractivity contribution in [3.05, 3.63) is 36.1 Å². The highest BCUT2D eigenvalue weighted by Gasteiger charge is 2.13. The summed E-state index contributed by atoms with van der Waals surface area (Å²) in [4.78, 5) is 15.3. The third-order valence-electron chi connectivity index (χ3n) is 2.97. The molecule has 0 aromatic rings. The molecule has 0 aromatic heterocycles. The molecule has 0 amide bonds. The van der Waals surface area contributed by atoms with Crippen LogP contribution in [0.4, 0.5) is 0 Å². The molecule has 1 heterocycles. The summed E-state index contributed by atoms with van der Waals surface area (Å²) in [6, 6.07) is 0. The Morgan fingerprint density at radius 3 is 2.29 bits per heavy atom. The van der Waals surface area contributed by atoms with Crippen molar-refractivity contribution >= 4 is 5.97 Å². The highest BCUT2D eigenvalue weighted by Crippen LogP contribution is 2.09. The molecule has 17 heavy (non-hydrogen) atoms. The van der Waals surface area contributed by atoms with Crippen molar-refractivity contribution < 1.29 is 9.90 Å². The fraction of sp³-hybridized carbons (Fsp3) is 0.462. The summed E-state index contributed by atoms with van der Waals surface area (Å²) in [6.45, 7) is 9.55. The van der Waals surface area contributed by atoms with Crippen LogP contribution in [0.1, 0.15) is 6.92 Å². The van der Waals surface area contributed by atoms with Crippen LogP contribution < -0.4 is 0 Å². The van der Waals surface area contributed by atoms with E-state index in [1.807, 2.05) is 13.0 Å². The quantitative estimate of drug-likeness (QED) is 0.591. The second-order valence-corrected chi connectivity index (χ2v) is 4.23. The van der Waals surface area contributed by atoms with Crippen LogP contribution in [-0.4, -0.2) is 54.1 Å². The molecule has 0 aliphatic carbocycles. The third-order valence-corrected chi connectivity index (χ3v) is 2.97. The lowest BCUT2D eigenvalue weighted by Crippen LogP contribution is -2.43. The molecule has 0 radical (unpaired) electrons. The van der Waals surface area contributed by atoms with Crippen molar-refractivity contribution in [2.24, 2.45) is 0 Å². The average Bonchev–Trinajstić information content (AvgIpc) is 2.30. The number of allylic oxidation sites excluding steroid dienone is 3. The fourth-order valence-corrected chi connectivity index (χ4v) is 1.70. The zero-order valence-electron chi connectivity index (χ0n) is 10.5. The summed E-state index contributed by atoms with van der Waals surface area (Å²) in [5, 5.41) is 8.84. The summed E-state index contributed by atoms with van der Waals surface area (Å²) in [5.74, 6) is -0.942. The number of likely N-dealkylation sites (N-methyl/N-ethyl adjacent to an activating group) is 1. The summed E-state index contributed by atoms with van der Waals surface area (Å²) < 4.78 is 0. The van der Waals surface area contributed by atoms with E-state index >= 15 is 0 Å². The normalized spacial score (nSPS) is 19.3. The Morgan fingerprint density at radius 2 is 1.82 bits per heavy atom. The highest BCUT2D eigenvalue weighted by molar-refractivity contribution is 5.89. The Labute approximate surface area is 103 Å². The Balaban J connectivity index is 2.65. The van der Waals surface area contributed by atoms with E-state index in [-0.39, 0.29) is 5.57 Å². The first-order valence-electron chi connectivity index (χ1n) is 5.72. The number of piperazine rings is 1. The second kappa shape index (κ2) is 6.25. The molecule has 0 aromatic carbocycles. The Hall–Kier alpha value is -1.55. The number of aliphatic carboxylic acids is 1. The minimum atomic E-state index is -0.942. The van der Waals surface area contributed by atoms with Crippen LogP contribution in [-0.2, 0) is 4.79 Å². The molecule has 1 saturated heterocycles. The number of hydrogen-bond donors (Lipinski definition) is 1. The lowest BCUT2D eigenvalue weighted by Gasteiger charge is -2.34. The Morgan fingerprint density at radius 1 is 1.24 bits per heavy atom. The number of nitrogens with zero attached hydrogens (tertiary/aromatic N) is 2. The van der Waals surface area contributed by atoms with Crippen LogP contribution in [0.5, 0.6) is 0 Å². The van der Waals surface area contributed by atoms with Crippen LogP contribution in [0.3, 0.4) is 0 Å². The van der Waals surface area contributed by atoms with Gasteiger partial charge in [0.15, 0.2) is 0 Å². The molecular weight excluding hydrogens is 216 g/mol. The molecule has 4 heteroatoms. The van der Waals surface area contributed by atoms with Gasteiger partial charge in [0.1, 0.15) is 0 Å². The van der Waals surface area contributed by atoms with E-state index in [9.17, 15) is 4.79 Å². The Bertz CT molecular complexity index is 350. The van der Waals surface area contributed by atoms with Gasteiger partial charge in [0, 0.05) is 31.9 Å². The van der Waals surface area contributed by atoms with Gasteiger partial charge in [0.25, 0.3) is 0 Å². The maximum atomic E-state index is 10.8. The minimum absolute atomic E-state index is 0.221. The van der Waals surface area contributed by atoms with Crippen LogP contribution in [0.2, 0.25) is 0 Å². The molecule has 1 rings (SSSR count). The maximum absolute atomic E-state index is 10.8. The molecule has 1 N–H and O–H groups in total. The molecular formula is C13H20N2O2. The predicted molar refractivity (Wildman–Crippen MR) is 68.7 cm³/mol. The van der Waals surface area contributed by atoms with Gasteiger partial charge in [-0.25, -0.2) is 4.79 Å². The first-order valence-corrected chi connectivity index (χ1v) is 5.72. The van der Waals surface area contributed by atoms with E-state index in [2.05, 4.69) is 23.4 Å². The van der Waals surface area contributed by atoms with Crippen molar-refractivity contribution in [2.45, 2.75) is 6.92 Å². The fourth-order valence-electron chi connectivity index (χ4n) is 1.70. The molecule has 0 bridgehead atoms. The lowest BCUT2D eigenvalue weighted by molar-refractivity contribution is -0.132. The van der Waals surface area contributed by atoms with E-state index in [0.717, 1.165) is 31.9 Å². The van der Waals surface area contributed by atoms with Gasteiger partial charge in [-0.15, -0.1) is 0 Å². The van der Waals surface area contributed by atoms with Crippen LogP contribution in [0.15, 0.2) is 36.1 Å². The predicted octanol–water partition coefficient (Wildman–Crippen LogP) is 1.33. The van der Waals surface area contributed by atoms with Gasteiger partial charge >= 0.3 is 5.97 Å². The van der Waals surface area contributed by atoms with Gasteiger partial charge < -0.3 is 14.9 Å². The van der Waals surface area contributed by atoms with E-state index in [0.29, 0.717) is 0 Å². The van der Waals surface area contributed by atoms with Crippen LogP contribution >= 0.6 is 0 Å². The molecule has 0 saturated carbocycles. The second-order valence-electron chi connectivity index (χ2n) is 4.23. The molecule has 0 unspecified atom stereocenters. The SMILES string of the molecule is C=CC(=CC=C(C)N1CCN(C)CC1)C(=O)O. The van der Waals surface area contributed by atoms with Gasteiger partial charge in [-0.05, 0) is 26.1 Å².